The smallest absolute Gasteiger partial charge is 0.0105 e. The van der Waals surface area contributed by atoms with Gasteiger partial charge in [-0.2, -0.15) is 0 Å². The molecule has 0 radical (unpaired) electrons. The molecule has 0 unspecified atom stereocenters. The molecule has 36 heavy (non-hydrogen) atoms. The van der Waals surface area contributed by atoms with E-state index in [1.54, 1.807) is 0 Å². The summed E-state index contributed by atoms with van der Waals surface area (Å²) in [4.78, 5) is 0. The van der Waals surface area contributed by atoms with Crippen molar-refractivity contribution < 1.29 is 0 Å². The van der Waals surface area contributed by atoms with Crippen LogP contribution in [-0.4, -0.2) is 0 Å². The molecule has 0 spiro atoms. The van der Waals surface area contributed by atoms with Crippen molar-refractivity contribution >= 4 is 32.3 Å². The average molecular weight is 457 g/mol. The van der Waals surface area contributed by atoms with Crippen LogP contribution in [0.4, 0.5) is 0 Å². The highest BCUT2D eigenvalue weighted by atomic mass is 14.1. The summed E-state index contributed by atoms with van der Waals surface area (Å²) in [6.45, 7) is 0. The summed E-state index contributed by atoms with van der Waals surface area (Å²) >= 11 is 0. The monoisotopic (exact) mass is 456 g/mol. The Kier molecular flexibility index (Phi) is 4.89. The van der Waals surface area contributed by atoms with Crippen LogP contribution in [0.2, 0.25) is 0 Å². The summed E-state index contributed by atoms with van der Waals surface area (Å²) < 4.78 is 0. The summed E-state index contributed by atoms with van der Waals surface area (Å²) in [5.74, 6) is 0. The Balaban J connectivity index is 1.25. The minimum Gasteiger partial charge on any atom is -0.0622 e. The van der Waals surface area contributed by atoms with E-state index in [2.05, 4.69) is 146 Å². The van der Waals surface area contributed by atoms with Crippen LogP contribution < -0.4 is 0 Å². The van der Waals surface area contributed by atoms with Crippen LogP contribution >= 0.6 is 0 Å². The molecule has 0 aliphatic carbocycles. The van der Waals surface area contributed by atoms with E-state index < -0.39 is 0 Å². The maximum Gasteiger partial charge on any atom is -0.0105 e. The molecule has 0 aliphatic rings. The minimum atomic E-state index is 1.24. The molecular formula is C36H24. The Morgan fingerprint density at radius 3 is 1.25 bits per heavy atom. The third-order valence-electron chi connectivity index (χ3n) is 7.24. The first-order chi connectivity index (χ1) is 17.8. The maximum atomic E-state index is 2.31. The van der Waals surface area contributed by atoms with Crippen molar-refractivity contribution in [2.45, 2.75) is 0 Å². The second-order valence-corrected chi connectivity index (χ2v) is 9.44. The van der Waals surface area contributed by atoms with Crippen LogP contribution in [0.5, 0.6) is 0 Å². The van der Waals surface area contributed by atoms with Gasteiger partial charge < -0.3 is 0 Å². The van der Waals surface area contributed by atoms with Crippen molar-refractivity contribution in [1.29, 1.82) is 0 Å². The molecule has 0 bridgehead atoms. The molecule has 7 rings (SSSR count). The molecule has 168 valence electrons. The molecule has 0 nitrogen and oxygen atoms in total. The van der Waals surface area contributed by atoms with E-state index in [0.29, 0.717) is 0 Å². The summed E-state index contributed by atoms with van der Waals surface area (Å²) in [6.07, 6.45) is 0. The van der Waals surface area contributed by atoms with Gasteiger partial charge in [-0.05, 0) is 83.9 Å². The molecule has 0 aromatic heterocycles. The van der Waals surface area contributed by atoms with Crippen LogP contribution in [0.1, 0.15) is 0 Å². The standard InChI is InChI=1S/C36H24/c1-2-6-25(7-3-1)27-10-12-28(13-11-27)30-18-20-35-33(23-30)16-17-34-24-32(19-21-36(34)35)31-15-14-26-8-4-5-9-29(26)22-31/h1-24H. The lowest BCUT2D eigenvalue weighted by molar-refractivity contribution is 1.60. The predicted molar refractivity (Wildman–Crippen MR) is 155 cm³/mol. The van der Waals surface area contributed by atoms with Gasteiger partial charge in [0.1, 0.15) is 0 Å². The molecule has 0 aliphatic heterocycles. The van der Waals surface area contributed by atoms with Crippen LogP contribution in [0, 0.1) is 0 Å². The van der Waals surface area contributed by atoms with Crippen molar-refractivity contribution in [2.24, 2.45) is 0 Å². The first-order valence-corrected chi connectivity index (χ1v) is 12.4. The average Bonchev–Trinajstić information content (AvgIpc) is 2.97. The fourth-order valence-electron chi connectivity index (χ4n) is 5.29. The molecule has 0 N–H and O–H groups in total. The Bertz CT molecular complexity index is 1860. The fourth-order valence-corrected chi connectivity index (χ4v) is 5.29. The highest BCUT2D eigenvalue weighted by Crippen LogP contribution is 2.33. The lowest BCUT2D eigenvalue weighted by Crippen LogP contribution is -1.84. The second-order valence-electron chi connectivity index (χ2n) is 9.44. The van der Waals surface area contributed by atoms with Crippen LogP contribution in [-0.2, 0) is 0 Å². The van der Waals surface area contributed by atoms with E-state index in [-0.39, 0.29) is 0 Å². The summed E-state index contributed by atoms with van der Waals surface area (Å²) in [7, 11) is 0. The van der Waals surface area contributed by atoms with Crippen molar-refractivity contribution in [3.05, 3.63) is 146 Å². The van der Waals surface area contributed by atoms with Gasteiger partial charge in [-0.15, -0.1) is 0 Å². The van der Waals surface area contributed by atoms with E-state index in [4.69, 9.17) is 0 Å². The molecule has 0 heterocycles. The van der Waals surface area contributed by atoms with Crippen LogP contribution in [0.25, 0.3) is 65.7 Å². The zero-order valence-corrected chi connectivity index (χ0v) is 19.9. The SMILES string of the molecule is c1ccc(-c2ccc(-c3ccc4c(ccc5cc(-c6ccc7ccccc7c6)ccc54)c3)cc2)cc1. The zero-order valence-electron chi connectivity index (χ0n) is 19.9. The number of rotatable bonds is 3. The van der Waals surface area contributed by atoms with E-state index >= 15 is 0 Å². The summed E-state index contributed by atoms with van der Waals surface area (Å²) in [5.41, 5.74) is 7.48. The summed E-state index contributed by atoms with van der Waals surface area (Å²) in [6, 6.07) is 52.8. The molecule has 0 saturated heterocycles. The molecule has 0 saturated carbocycles. The fraction of sp³-hybridized carbons (Fsp3) is 0. The van der Waals surface area contributed by atoms with Gasteiger partial charge in [0.15, 0.2) is 0 Å². The molecule has 7 aromatic rings. The van der Waals surface area contributed by atoms with Gasteiger partial charge >= 0.3 is 0 Å². The maximum absolute atomic E-state index is 2.31. The number of hydrogen-bond acceptors (Lipinski definition) is 0. The molecular weight excluding hydrogens is 432 g/mol. The quantitative estimate of drug-likeness (QED) is 0.232. The third kappa shape index (κ3) is 3.65. The van der Waals surface area contributed by atoms with Crippen molar-refractivity contribution in [2.75, 3.05) is 0 Å². The van der Waals surface area contributed by atoms with E-state index in [0.717, 1.165) is 0 Å². The molecule has 0 fully saturated rings. The van der Waals surface area contributed by atoms with Gasteiger partial charge in [0.25, 0.3) is 0 Å². The highest BCUT2D eigenvalue weighted by Gasteiger charge is 2.07. The Morgan fingerprint density at radius 2 is 0.611 bits per heavy atom. The van der Waals surface area contributed by atoms with Gasteiger partial charge in [0.05, 0.1) is 0 Å². The largest absolute Gasteiger partial charge is 0.0622 e. The Hall–Kier alpha value is -4.68. The van der Waals surface area contributed by atoms with Gasteiger partial charge in [-0.25, -0.2) is 0 Å². The normalized spacial score (nSPS) is 11.3. The van der Waals surface area contributed by atoms with E-state index in [1.807, 2.05) is 0 Å². The first kappa shape index (κ1) is 20.7. The number of fused-ring (bicyclic) bond motifs is 4. The first-order valence-electron chi connectivity index (χ1n) is 12.4. The van der Waals surface area contributed by atoms with Crippen LogP contribution in [0.3, 0.4) is 0 Å². The molecule has 7 aromatic carbocycles. The van der Waals surface area contributed by atoms with E-state index in [1.165, 1.54) is 65.7 Å². The van der Waals surface area contributed by atoms with E-state index in [9.17, 15) is 0 Å². The Labute approximate surface area is 211 Å². The Morgan fingerprint density at radius 1 is 0.222 bits per heavy atom. The van der Waals surface area contributed by atoms with Crippen LogP contribution in [0.15, 0.2) is 146 Å². The lowest BCUT2D eigenvalue weighted by atomic mass is 9.94. The van der Waals surface area contributed by atoms with Gasteiger partial charge in [-0.1, -0.05) is 127 Å². The van der Waals surface area contributed by atoms with Crippen molar-refractivity contribution in [3.8, 4) is 33.4 Å². The molecule has 0 amide bonds. The minimum absolute atomic E-state index is 1.24. The predicted octanol–water partition coefficient (Wildman–Crippen LogP) is 10.1. The zero-order chi connectivity index (χ0) is 23.9. The van der Waals surface area contributed by atoms with Gasteiger partial charge in [-0.3, -0.25) is 0 Å². The lowest BCUT2D eigenvalue weighted by Gasteiger charge is -2.10. The molecule has 0 atom stereocenters. The molecule has 0 heteroatoms. The third-order valence-corrected chi connectivity index (χ3v) is 7.24. The number of hydrogen-bond donors (Lipinski definition) is 0. The highest BCUT2D eigenvalue weighted by molar-refractivity contribution is 6.09. The van der Waals surface area contributed by atoms with Gasteiger partial charge in [0.2, 0.25) is 0 Å². The summed E-state index contributed by atoms with van der Waals surface area (Å²) in [5, 5.41) is 7.68. The number of benzene rings is 7. The van der Waals surface area contributed by atoms with Crippen molar-refractivity contribution in [1.82, 2.24) is 0 Å². The second kappa shape index (κ2) is 8.52. The van der Waals surface area contributed by atoms with Gasteiger partial charge in [0, 0.05) is 0 Å². The van der Waals surface area contributed by atoms with Crippen molar-refractivity contribution in [3.63, 3.8) is 0 Å². The topological polar surface area (TPSA) is 0 Å².